The SMILES string of the molecule is Cc1cc(O)c(C(C)C)cc1NC(=O)[C@]12CCC(=O)N1c1ccccc1S2. The number of carbonyl (C=O) groups is 2. The number of fused-ring (bicyclic) bond motifs is 3. The molecule has 4 rings (SSSR count). The third-order valence-corrected chi connectivity index (χ3v) is 6.75. The van der Waals surface area contributed by atoms with Crippen molar-refractivity contribution in [3.8, 4) is 5.75 Å². The summed E-state index contributed by atoms with van der Waals surface area (Å²) in [6.45, 7) is 5.84. The second-order valence-corrected chi connectivity index (χ2v) is 8.74. The molecule has 0 saturated carbocycles. The van der Waals surface area contributed by atoms with Gasteiger partial charge in [0.25, 0.3) is 5.91 Å². The third-order valence-electron chi connectivity index (χ3n) is 5.27. The summed E-state index contributed by atoms with van der Waals surface area (Å²) in [7, 11) is 0. The second kappa shape index (κ2) is 6.30. The Bertz CT molecular complexity index is 956. The van der Waals surface area contributed by atoms with Crippen molar-refractivity contribution >= 4 is 35.0 Å². The molecule has 2 aromatic rings. The molecule has 5 nitrogen and oxygen atoms in total. The van der Waals surface area contributed by atoms with Crippen LogP contribution in [0, 0.1) is 6.92 Å². The molecular weight excluding hydrogens is 360 g/mol. The minimum absolute atomic E-state index is 0.0205. The van der Waals surface area contributed by atoms with Crippen molar-refractivity contribution in [3.63, 3.8) is 0 Å². The molecule has 0 aliphatic carbocycles. The van der Waals surface area contributed by atoms with Crippen LogP contribution in [-0.2, 0) is 9.59 Å². The van der Waals surface area contributed by atoms with Crippen molar-refractivity contribution < 1.29 is 14.7 Å². The maximum absolute atomic E-state index is 13.4. The van der Waals surface area contributed by atoms with E-state index in [1.165, 1.54) is 11.8 Å². The maximum atomic E-state index is 13.4. The van der Waals surface area contributed by atoms with Gasteiger partial charge in [-0.15, -0.1) is 0 Å². The zero-order valence-electron chi connectivity index (χ0n) is 15.6. The summed E-state index contributed by atoms with van der Waals surface area (Å²) in [4.78, 5) is 27.6. The van der Waals surface area contributed by atoms with Crippen LogP contribution in [0.2, 0.25) is 0 Å². The highest BCUT2D eigenvalue weighted by Gasteiger charge is 2.57. The Hall–Kier alpha value is -2.47. The number of aromatic hydroxyl groups is 1. The lowest BCUT2D eigenvalue weighted by atomic mass is 9.99. The number of para-hydroxylation sites is 1. The van der Waals surface area contributed by atoms with Gasteiger partial charge in [0.2, 0.25) is 5.91 Å². The normalized spacial score (nSPS) is 20.7. The number of carbonyl (C=O) groups excluding carboxylic acids is 2. The minimum Gasteiger partial charge on any atom is -0.508 e. The third kappa shape index (κ3) is 2.70. The summed E-state index contributed by atoms with van der Waals surface area (Å²) < 4.78 is 0. The number of anilines is 2. The molecule has 0 aromatic heterocycles. The number of nitrogens with one attached hydrogen (secondary N) is 1. The Morgan fingerprint density at radius 3 is 2.78 bits per heavy atom. The number of phenolic OH excluding ortho intramolecular Hbond substituents is 1. The van der Waals surface area contributed by atoms with Gasteiger partial charge in [-0.25, -0.2) is 0 Å². The lowest BCUT2D eigenvalue weighted by Gasteiger charge is -2.30. The van der Waals surface area contributed by atoms with Crippen molar-refractivity contribution in [2.45, 2.75) is 49.3 Å². The first-order chi connectivity index (χ1) is 12.8. The van der Waals surface area contributed by atoms with Crippen LogP contribution in [0.1, 0.15) is 43.7 Å². The summed E-state index contributed by atoms with van der Waals surface area (Å²) in [5.41, 5.74) is 3.06. The van der Waals surface area contributed by atoms with Crippen LogP contribution in [0.5, 0.6) is 5.75 Å². The Balaban J connectivity index is 1.70. The summed E-state index contributed by atoms with van der Waals surface area (Å²) in [5, 5.41) is 13.2. The zero-order valence-corrected chi connectivity index (χ0v) is 16.4. The molecule has 0 radical (unpaired) electrons. The summed E-state index contributed by atoms with van der Waals surface area (Å²) in [6, 6.07) is 11.2. The lowest BCUT2D eigenvalue weighted by molar-refractivity contribution is -0.121. The number of hydrogen-bond donors (Lipinski definition) is 2. The number of aryl methyl sites for hydroxylation is 1. The number of amides is 2. The molecule has 1 saturated heterocycles. The van der Waals surface area contributed by atoms with E-state index >= 15 is 0 Å². The van der Waals surface area contributed by atoms with E-state index < -0.39 is 4.87 Å². The molecule has 2 heterocycles. The highest BCUT2D eigenvalue weighted by Crippen LogP contribution is 2.56. The molecular formula is C21H22N2O3S. The van der Waals surface area contributed by atoms with Gasteiger partial charge >= 0.3 is 0 Å². The summed E-state index contributed by atoms with van der Waals surface area (Å²) in [6.07, 6.45) is 0.839. The number of nitrogens with zero attached hydrogens (tertiary/aromatic N) is 1. The van der Waals surface area contributed by atoms with Crippen molar-refractivity contribution in [2.24, 2.45) is 0 Å². The van der Waals surface area contributed by atoms with Gasteiger partial charge in [-0.05, 0) is 54.7 Å². The monoisotopic (exact) mass is 382 g/mol. The van der Waals surface area contributed by atoms with E-state index in [1.54, 1.807) is 11.0 Å². The topological polar surface area (TPSA) is 69.6 Å². The fourth-order valence-electron chi connectivity index (χ4n) is 3.83. The Labute approximate surface area is 162 Å². The molecule has 6 heteroatoms. The highest BCUT2D eigenvalue weighted by atomic mass is 32.2. The maximum Gasteiger partial charge on any atom is 0.261 e. The van der Waals surface area contributed by atoms with Crippen molar-refractivity contribution in [3.05, 3.63) is 47.5 Å². The van der Waals surface area contributed by atoms with Crippen LogP contribution in [0.4, 0.5) is 11.4 Å². The predicted molar refractivity (Wildman–Crippen MR) is 107 cm³/mol. The standard InChI is InChI=1S/C21H22N2O3S/c1-12(2)14-11-15(13(3)10-17(14)24)22-20(26)21-9-8-19(25)23(21)16-6-4-5-7-18(16)27-21/h4-7,10-12,24H,8-9H2,1-3H3,(H,22,26)/t21-/m1/s1. The van der Waals surface area contributed by atoms with Gasteiger partial charge in [0.05, 0.1) is 5.69 Å². The van der Waals surface area contributed by atoms with Gasteiger partial charge in [-0.3, -0.25) is 14.5 Å². The minimum atomic E-state index is -0.941. The average molecular weight is 382 g/mol. The first-order valence-electron chi connectivity index (χ1n) is 9.09. The van der Waals surface area contributed by atoms with Crippen molar-refractivity contribution in [2.75, 3.05) is 10.2 Å². The molecule has 0 spiro atoms. The van der Waals surface area contributed by atoms with Gasteiger partial charge < -0.3 is 10.4 Å². The average Bonchev–Trinajstić information content (AvgIpc) is 3.13. The van der Waals surface area contributed by atoms with E-state index in [2.05, 4.69) is 5.32 Å². The zero-order chi connectivity index (χ0) is 19.3. The van der Waals surface area contributed by atoms with Crippen LogP contribution in [-0.4, -0.2) is 21.8 Å². The van der Waals surface area contributed by atoms with Crippen LogP contribution >= 0.6 is 11.8 Å². The summed E-state index contributed by atoms with van der Waals surface area (Å²) >= 11 is 1.45. The Morgan fingerprint density at radius 1 is 1.30 bits per heavy atom. The lowest BCUT2D eigenvalue weighted by Crippen LogP contribution is -2.49. The van der Waals surface area contributed by atoms with Crippen LogP contribution in [0.3, 0.4) is 0 Å². The number of thioether (sulfide) groups is 1. The first-order valence-corrected chi connectivity index (χ1v) is 9.91. The number of hydrogen-bond acceptors (Lipinski definition) is 4. The number of rotatable bonds is 3. The molecule has 2 aromatic carbocycles. The Kier molecular flexibility index (Phi) is 4.18. The fourth-order valence-corrected chi connectivity index (χ4v) is 5.24. The van der Waals surface area contributed by atoms with Gasteiger partial charge in [-0.1, -0.05) is 37.7 Å². The largest absolute Gasteiger partial charge is 0.508 e. The number of benzene rings is 2. The van der Waals surface area contributed by atoms with Gasteiger partial charge in [0, 0.05) is 17.0 Å². The van der Waals surface area contributed by atoms with Crippen molar-refractivity contribution in [1.29, 1.82) is 0 Å². The molecule has 0 bridgehead atoms. The van der Waals surface area contributed by atoms with Gasteiger partial charge in [0.15, 0.2) is 4.87 Å². The van der Waals surface area contributed by atoms with Crippen LogP contribution < -0.4 is 10.2 Å². The molecule has 2 N–H and O–H groups in total. The molecule has 2 aliphatic rings. The number of phenols is 1. The molecule has 2 amide bonds. The predicted octanol–water partition coefficient (Wildman–Crippen LogP) is 4.39. The quantitative estimate of drug-likeness (QED) is 0.773. The van der Waals surface area contributed by atoms with E-state index in [9.17, 15) is 14.7 Å². The molecule has 1 fully saturated rings. The molecule has 2 aliphatic heterocycles. The smallest absolute Gasteiger partial charge is 0.261 e. The Morgan fingerprint density at radius 2 is 2.04 bits per heavy atom. The first kappa shape index (κ1) is 17.9. The summed E-state index contributed by atoms with van der Waals surface area (Å²) in [5.74, 6) is 0.152. The van der Waals surface area contributed by atoms with Crippen LogP contribution in [0.15, 0.2) is 41.3 Å². The van der Waals surface area contributed by atoms with E-state index in [-0.39, 0.29) is 23.5 Å². The van der Waals surface area contributed by atoms with E-state index in [0.29, 0.717) is 18.5 Å². The van der Waals surface area contributed by atoms with Gasteiger partial charge in [0.1, 0.15) is 5.75 Å². The van der Waals surface area contributed by atoms with E-state index in [4.69, 9.17) is 0 Å². The molecule has 140 valence electrons. The van der Waals surface area contributed by atoms with Gasteiger partial charge in [-0.2, -0.15) is 0 Å². The van der Waals surface area contributed by atoms with Crippen LogP contribution in [0.25, 0.3) is 0 Å². The molecule has 27 heavy (non-hydrogen) atoms. The molecule has 1 atom stereocenters. The highest BCUT2D eigenvalue weighted by molar-refractivity contribution is 8.02. The van der Waals surface area contributed by atoms with E-state index in [1.807, 2.05) is 51.1 Å². The van der Waals surface area contributed by atoms with Crippen molar-refractivity contribution in [1.82, 2.24) is 0 Å². The fraction of sp³-hybridized carbons (Fsp3) is 0.333. The molecule has 0 unspecified atom stereocenters. The second-order valence-electron chi connectivity index (χ2n) is 7.42. The van der Waals surface area contributed by atoms with E-state index in [0.717, 1.165) is 21.7 Å².